The van der Waals surface area contributed by atoms with Gasteiger partial charge in [-0.05, 0) is 0 Å². The van der Waals surface area contributed by atoms with Crippen LogP contribution in [0.4, 0.5) is 5.13 Å². The first-order valence-electron chi connectivity index (χ1n) is 2.82. The lowest BCUT2D eigenvalue weighted by atomic mass is 11.0. The first kappa shape index (κ1) is 8.48. The summed E-state index contributed by atoms with van der Waals surface area (Å²) in [4.78, 5) is 7.88. The summed E-state index contributed by atoms with van der Waals surface area (Å²) < 4.78 is 0. The first-order valence-corrected chi connectivity index (χ1v) is 4.82. The predicted molar refractivity (Wildman–Crippen MR) is 50.2 cm³/mol. The fraction of sp³-hybridized carbons (Fsp3) is 0.200. The van der Waals surface area contributed by atoms with Crippen LogP contribution in [0.1, 0.15) is 5.69 Å². The molecule has 0 amide bonds. The van der Waals surface area contributed by atoms with Gasteiger partial charge in [0.05, 0.1) is 5.69 Å². The fourth-order valence-corrected chi connectivity index (χ4v) is 1.73. The quantitative estimate of drug-likeness (QED) is 0.348. The van der Waals surface area contributed by atoms with Gasteiger partial charge in [-0.15, -0.1) is 11.3 Å². The van der Waals surface area contributed by atoms with Crippen LogP contribution in [0, 0.1) is 0 Å². The maximum Gasteiger partial charge on any atom is 0.212 e. The molecule has 0 aliphatic rings. The number of thiazole rings is 1. The molecule has 0 aliphatic heterocycles. The highest BCUT2D eigenvalue weighted by Crippen LogP contribution is 2.19. The molecule has 11 heavy (non-hydrogen) atoms. The normalized spacial score (nSPS) is 9.55. The molecule has 0 fully saturated rings. The number of aromatic nitrogens is 1. The standard InChI is InChI=1S/C5H7BrN4S/c6-1-3-2-11-5(9-3)10-4(7)8/h2H,1H2,(H4,7,8,9,10)/i3+1,4+1,5+1. The topological polar surface area (TPSA) is 77.3 Å². The van der Waals surface area contributed by atoms with Gasteiger partial charge in [0.25, 0.3) is 0 Å². The molecule has 1 rings (SSSR count). The Morgan fingerprint density at radius 1 is 1.73 bits per heavy atom. The van der Waals surface area contributed by atoms with Crippen molar-refractivity contribution in [2.45, 2.75) is 5.33 Å². The van der Waals surface area contributed by atoms with Crippen molar-refractivity contribution >= 4 is 38.4 Å². The average Bonchev–Trinajstić information content (AvgIpc) is 2.34. The third-order valence-corrected chi connectivity index (χ3v) is 2.26. The van der Waals surface area contributed by atoms with Gasteiger partial charge in [0, 0.05) is 10.7 Å². The molecular weight excluding hydrogens is 231 g/mol. The highest BCUT2D eigenvalue weighted by molar-refractivity contribution is 9.08. The summed E-state index contributed by atoms with van der Waals surface area (Å²) in [6, 6.07) is 0. The Morgan fingerprint density at radius 3 is 2.91 bits per heavy atom. The third kappa shape index (κ3) is 2.47. The van der Waals surface area contributed by atoms with Crippen molar-refractivity contribution in [2.24, 2.45) is 16.5 Å². The summed E-state index contributed by atoms with van der Waals surface area (Å²) in [5.41, 5.74) is 11.3. The molecule has 1 aromatic rings. The molecule has 4 nitrogen and oxygen atoms in total. The number of aliphatic imine (C=N–C) groups is 1. The number of nitrogens with two attached hydrogens (primary N) is 2. The lowest BCUT2D eigenvalue weighted by Gasteiger charge is -1.85. The lowest BCUT2D eigenvalue weighted by Crippen LogP contribution is -2.21. The SMILES string of the molecule is N[13C](N)=N[13c]1n[13c](CBr)cs1. The number of rotatable bonds is 2. The van der Waals surface area contributed by atoms with E-state index in [4.69, 9.17) is 11.5 Å². The maximum absolute atomic E-state index is 5.16. The number of hydrogen-bond donors (Lipinski definition) is 2. The van der Waals surface area contributed by atoms with Crippen molar-refractivity contribution < 1.29 is 0 Å². The van der Waals surface area contributed by atoms with Crippen molar-refractivity contribution in [2.75, 3.05) is 0 Å². The largest absolute Gasteiger partial charge is 0.370 e. The molecule has 0 aromatic carbocycles. The van der Waals surface area contributed by atoms with E-state index in [0.717, 1.165) is 11.0 Å². The van der Waals surface area contributed by atoms with Crippen LogP contribution in [0.15, 0.2) is 10.4 Å². The van der Waals surface area contributed by atoms with Gasteiger partial charge in [-0.25, -0.2) is 4.98 Å². The molecule has 0 radical (unpaired) electrons. The minimum absolute atomic E-state index is 0.0421. The molecule has 0 saturated heterocycles. The molecule has 0 aliphatic carbocycles. The summed E-state index contributed by atoms with van der Waals surface area (Å²) in [7, 11) is 0. The molecule has 0 unspecified atom stereocenters. The highest BCUT2D eigenvalue weighted by atomic mass is 79.9. The van der Waals surface area contributed by atoms with Gasteiger partial charge in [-0.3, -0.25) is 0 Å². The Bertz CT molecular complexity index is 265. The van der Waals surface area contributed by atoms with Gasteiger partial charge in [0.1, 0.15) is 0 Å². The van der Waals surface area contributed by atoms with Gasteiger partial charge in [0.15, 0.2) is 5.96 Å². The summed E-state index contributed by atoms with van der Waals surface area (Å²) >= 11 is 4.68. The monoisotopic (exact) mass is 237 g/mol. The molecule has 0 atom stereocenters. The van der Waals surface area contributed by atoms with Gasteiger partial charge in [-0.2, -0.15) is 4.99 Å². The Hall–Kier alpha value is -0.620. The van der Waals surface area contributed by atoms with Crippen LogP contribution < -0.4 is 11.5 Å². The van der Waals surface area contributed by atoms with Gasteiger partial charge in [-0.1, -0.05) is 15.9 Å². The van der Waals surface area contributed by atoms with Crippen LogP contribution in [0.2, 0.25) is 0 Å². The van der Waals surface area contributed by atoms with Crippen molar-refractivity contribution in [1.29, 1.82) is 0 Å². The van der Waals surface area contributed by atoms with E-state index in [1.165, 1.54) is 11.3 Å². The van der Waals surface area contributed by atoms with E-state index in [-0.39, 0.29) is 5.96 Å². The van der Waals surface area contributed by atoms with E-state index in [0.29, 0.717) is 5.13 Å². The fourth-order valence-electron chi connectivity index (χ4n) is 0.519. The maximum atomic E-state index is 5.16. The van der Waals surface area contributed by atoms with Gasteiger partial charge >= 0.3 is 0 Å². The summed E-state index contributed by atoms with van der Waals surface area (Å²) in [6.45, 7) is 0. The van der Waals surface area contributed by atoms with Crippen LogP contribution in [-0.2, 0) is 5.33 Å². The van der Waals surface area contributed by atoms with Crippen molar-refractivity contribution in [3.8, 4) is 0 Å². The molecular formula is C5H7BrN4S. The molecule has 0 saturated carbocycles. The second kappa shape index (κ2) is 3.68. The Balaban J connectivity index is 2.81. The number of hydrogen-bond acceptors (Lipinski definition) is 3. The second-order valence-corrected chi connectivity index (χ2v) is 3.19. The van der Waals surface area contributed by atoms with E-state index >= 15 is 0 Å². The minimum atomic E-state index is 0.0421. The average molecular weight is 238 g/mol. The third-order valence-electron chi connectivity index (χ3n) is 0.901. The van der Waals surface area contributed by atoms with Gasteiger partial charge < -0.3 is 11.5 Å². The molecule has 0 spiro atoms. The number of halogens is 1. The predicted octanol–water partition coefficient (Wildman–Crippen LogP) is 0.943. The van der Waals surface area contributed by atoms with E-state index < -0.39 is 0 Å². The minimum Gasteiger partial charge on any atom is -0.370 e. The zero-order chi connectivity index (χ0) is 8.27. The molecule has 1 aromatic heterocycles. The van der Waals surface area contributed by atoms with Gasteiger partial charge in [0.2, 0.25) is 5.13 Å². The van der Waals surface area contributed by atoms with E-state index in [1.807, 2.05) is 5.38 Å². The first-order chi connectivity index (χ1) is 5.22. The molecule has 1 heterocycles. The van der Waals surface area contributed by atoms with Crippen LogP contribution in [-0.4, -0.2) is 10.9 Å². The Kier molecular flexibility index (Phi) is 2.84. The summed E-state index contributed by atoms with van der Waals surface area (Å²) in [5, 5.41) is 3.22. The number of guanidine groups is 1. The van der Waals surface area contributed by atoms with Crippen molar-refractivity contribution in [3.63, 3.8) is 0 Å². The van der Waals surface area contributed by atoms with E-state index in [2.05, 4.69) is 25.9 Å². The summed E-state index contributed by atoms with van der Waals surface area (Å²) in [5.74, 6) is 0.0421. The highest BCUT2D eigenvalue weighted by Gasteiger charge is 1.97. The van der Waals surface area contributed by atoms with Crippen molar-refractivity contribution in [3.05, 3.63) is 11.1 Å². The smallest absolute Gasteiger partial charge is 0.212 e. The van der Waals surface area contributed by atoms with Crippen LogP contribution in [0.25, 0.3) is 0 Å². The number of alkyl halides is 1. The van der Waals surface area contributed by atoms with Crippen molar-refractivity contribution in [1.82, 2.24) is 4.98 Å². The lowest BCUT2D eigenvalue weighted by molar-refractivity contribution is 1.22. The van der Waals surface area contributed by atoms with E-state index in [1.54, 1.807) is 0 Å². The summed E-state index contributed by atoms with van der Waals surface area (Å²) in [6.07, 6.45) is 0. The Morgan fingerprint density at radius 2 is 2.45 bits per heavy atom. The molecule has 60 valence electrons. The van der Waals surface area contributed by atoms with E-state index in [9.17, 15) is 0 Å². The van der Waals surface area contributed by atoms with Crippen LogP contribution >= 0.6 is 27.3 Å². The molecule has 0 bridgehead atoms. The second-order valence-electron chi connectivity index (χ2n) is 1.79. The molecule has 4 N–H and O–H groups in total. The van der Waals surface area contributed by atoms with Crippen LogP contribution in [0.3, 0.4) is 0 Å². The molecule has 6 heteroatoms. The number of nitrogens with zero attached hydrogens (tertiary/aromatic N) is 2. The zero-order valence-electron chi connectivity index (χ0n) is 5.62. The Labute approximate surface area is 76.5 Å². The van der Waals surface area contributed by atoms with Crippen LogP contribution in [0.5, 0.6) is 0 Å². The zero-order valence-corrected chi connectivity index (χ0v) is 8.02.